The van der Waals surface area contributed by atoms with E-state index in [2.05, 4.69) is 63.7 Å². The lowest BCUT2D eigenvalue weighted by Crippen LogP contribution is -2.48. The topological polar surface area (TPSA) is 45.1 Å². The van der Waals surface area contributed by atoms with Crippen LogP contribution in [-0.4, -0.2) is 34.2 Å². The summed E-state index contributed by atoms with van der Waals surface area (Å²) in [6.45, 7) is 16.4. The zero-order valence-corrected chi connectivity index (χ0v) is 19.5. The van der Waals surface area contributed by atoms with Crippen molar-refractivity contribution in [1.82, 2.24) is 15.0 Å². The molecule has 4 nitrogen and oxygen atoms in total. The Bertz CT molecular complexity index is 1050. The molecule has 1 aliphatic carbocycles. The van der Waals surface area contributed by atoms with E-state index in [1.54, 1.807) is 0 Å². The molecule has 1 N–H and O–H groups in total. The summed E-state index contributed by atoms with van der Waals surface area (Å²) in [6, 6.07) is 5.17. The molecule has 30 heavy (non-hydrogen) atoms. The molecule has 0 bridgehead atoms. The highest BCUT2D eigenvalue weighted by atomic mass is 16.5. The number of rotatable bonds is 2. The molecule has 2 aliphatic rings. The van der Waals surface area contributed by atoms with Crippen LogP contribution in [0.5, 0.6) is 0 Å². The Balaban J connectivity index is 1.36. The van der Waals surface area contributed by atoms with Gasteiger partial charge in [0.1, 0.15) is 0 Å². The summed E-state index contributed by atoms with van der Waals surface area (Å²) in [5.74, 6) is 1.47. The number of likely N-dealkylation sites (tertiary alicyclic amines) is 1. The van der Waals surface area contributed by atoms with Gasteiger partial charge in [-0.15, -0.1) is 0 Å². The van der Waals surface area contributed by atoms with Crippen LogP contribution < -0.4 is 0 Å². The molecule has 0 unspecified atom stereocenters. The molecule has 5 rings (SSSR count). The molecular formula is C26H37N3O. The minimum Gasteiger partial charge on any atom is -0.382 e. The van der Waals surface area contributed by atoms with Gasteiger partial charge in [0.05, 0.1) is 16.6 Å². The molecule has 1 saturated carbocycles. The van der Waals surface area contributed by atoms with Crippen molar-refractivity contribution < 1.29 is 4.52 Å². The summed E-state index contributed by atoms with van der Waals surface area (Å²) >= 11 is 0. The van der Waals surface area contributed by atoms with Gasteiger partial charge in [0.25, 0.3) is 0 Å². The predicted molar refractivity (Wildman–Crippen MR) is 124 cm³/mol. The van der Waals surface area contributed by atoms with Crippen molar-refractivity contribution in [3.05, 3.63) is 29.6 Å². The number of aromatic nitrogens is 2. The Kier molecular flexibility index (Phi) is 4.59. The monoisotopic (exact) mass is 407 g/mol. The quantitative estimate of drug-likeness (QED) is 0.520. The number of benzene rings is 1. The smallest absolute Gasteiger partial charge is 0.165 e. The summed E-state index contributed by atoms with van der Waals surface area (Å²) in [7, 11) is 0. The first-order valence-electron chi connectivity index (χ1n) is 11.8. The largest absolute Gasteiger partial charge is 0.382 e. The van der Waals surface area contributed by atoms with Gasteiger partial charge in [-0.2, -0.15) is 0 Å². The minimum atomic E-state index is 0.0116. The lowest BCUT2D eigenvalue weighted by atomic mass is 9.71. The summed E-state index contributed by atoms with van der Waals surface area (Å²) in [5, 5.41) is 5.65. The molecule has 3 aromatic rings. The Labute approximate surface area is 180 Å². The van der Waals surface area contributed by atoms with Crippen molar-refractivity contribution >= 4 is 21.9 Å². The minimum absolute atomic E-state index is 0.0116. The Morgan fingerprint density at radius 3 is 2.40 bits per heavy atom. The van der Waals surface area contributed by atoms with Crippen LogP contribution in [0.2, 0.25) is 0 Å². The van der Waals surface area contributed by atoms with Crippen molar-refractivity contribution in [2.24, 2.45) is 11.3 Å². The van der Waals surface area contributed by atoms with Crippen molar-refractivity contribution in [3.63, 3.8) is 0 Å². The zero-order chi connectivity index (χ0) is 21.3. The summed E-state index contributed by atoms with van der Waals surface area (Å²) in [6.07, 6.45) is 7.17. The number of nitrogens with one attached hydrogen (secondary N) is 1. The van der Waals surface area contributed by atoms with E-state index in [1.165, 1.54) is 60.6 Å². The Morgan fingerprint density at radius 2 is 1.77 bits per heavy atom. The first-order chi connectivity index (χ1) is 14.1. The van der Waals surface area contributed by atoms with Gasteiger partial charge in [-0.25, -0.2) is 5.16 Å². The van der Waals surface area contributed by atoms with Crippen LogP contribution >= 0.6 is 0 Å². The predicted octanol–water partition coefficient (Wildman–Crippen LogP) is 6.61. The number of hydrogen-bond acceptors (Lipinski definition) is 3. The molecule has 3 heterocycles. The summed E-state index contributed by atoms with van der Waals surface area (Å²) in [5.41, 5.74) is 5.16. The molecule has 1 saturated heterocycles. The maximum Gasteiger partial charge on any atom is 0.165 e. The lowest BCUT2D eigenvalue weighted by molar-refractivity contribution is 0.0443. The fourth-order valence-electron chi connectivity index (χ4n) is 5.79. The van der Waals surface area contributed by atoms with Crippen LogP contribution in [-0.2, 0) is 5.41 Å². The van der Waals surface area contributed by atoms with E-state index in [1.807, 2.05) is 6.20 Å². The fraction of sp³-hybridized carbons (Fsp3) is 0.654. The van der Waals surface area contributed by atoms with Crippen molar-refractivity contribution in [2.45, 2.75) is 84.6 Å². The van der Waals surface area contributed by atoms with Gasteiger partial charge in [-0.3, -0.25) is 4.98 Å². The SMILES string of the molecule is CC(C)(C)c1[nH]oc2cc(C3CC(N4CCC(C(C)(C)C)CC4)C3)c3nccc3c12. The molecule has 0 amide bonds. The van der Waals surface area contributed by atoms with E-state index < -0.39 is 0 Å². The zero-order valence-electron chi connectivity index (χ0n) is 19.5. The van der Waals surface area contributed by atoms with E-state index in [4.69, 9.17) is 9.51 Å². The lowest BCUT2D eigenvalue weighted by Gasteiger charge is -2.47. The van der Waals surface area contributed by atoms with Crippen molar-refractivity contribution in [1.29, 1.82) is 0 Å². The molecule has 0 radical (unpaired) electrons. The number of nitrogens with zero attached hydrogens (tertiary/aromatic N) is 2. The normalized spacial score (nSPS) is 24.6. The van der Waals surface area contributed by atoms with Crippen molar-refractivity contribution in [3.8, 4) is 0 Å². The third-order valence-electron chi connectivity index (χ3n) is 7.86. The van der Waals surface area contributed by atoms with Gasteiger partial charge in [0, 0.05) is 23.0 Å². The average molecular weight is 408 g/mol. The van der Waals surface area contributed by atoms with Crippen LogP contribution in [0.25, 0.3) is 21.9 Å². The van der Waals surface area contributed by atoms with E-state index in [9.17, 15) is 0 Å². The second-order valence-corrected chi connectivity index (χ2v) is 11.9. The molecule has 2 fully saturated rings. The first-order valence-corrected chi connectivity index (χ1v) is 11.8. The number of fused-ring (bicyclic) bond motifs is 3. The first kappa shape index (κ1) is 20.1. The van der Waals surface area contributed by atoms with Gasteiger partial charge in [0.2, 0.25) is 0 Å². The maximum atomic E-state index is 5.94. The van der Waals surface area contributed by atoms with Gasteiger partial charge in [-0.05, 0) is 73.7 Å². The summed E-state index contributed by atoms with van der Waals surface area (Å²) in [4.78, 5) is 7.54. The van der Waals surface area contributed by atoms with E-state index in [0.29, 0.717) is 11.3 Å². The second kappa shape index (κ2) is 6.85. The number of piperidine rings is 1. The second-order valence-electron chi connectivity index (χ2n) is 11.9. The van der Waals surface area contributed by atoms with E-state index >= 15 is 0 Å². The molecule has 0 atom stereocenters. The molecule has 2 aromatic heterocycles. The summed E-state index contributed by atoms with van der Waals surface area (Å²) < 4.78 is 5.94. The molecule has 4 heteroatoms. The van der Waals surface area contributed by atoms with Crippen LogP contribution in [0.1, 0.15) is 84.4 Å². The van der Waals surface area contributed by atoms with Crippen LogP contribution in [0.3, 0.4) is 0 Å². The van der Waals surface area contributed by atoms with E-state index in [-0.39, 0.29) is 5.41 Å². The highest BCUT2D eigenvalue weighted by Crippen LogP contribution is 2.46. The molecule has 1 aliphatic heterocycles. The Morgan fingerprint density at radius 1 is 1.07 bits per heavy atom. The molecule has 1 aromatic carbocycles. The highest BCUT2D eigenvalue weighted by Gasteiger charge is 2.39. The number of aromatic amines is 1. The van der Waals surface area contributed by atoms with Gasteiger partial charge < -0.3 is 9.42 Å². The van der Waals surface area contributed by atoms with Gasteiger partial charge in [0.15, 0.2) is 5.58 Å². The average Bonchev–Trinajstić information content (AvgIpc) is 3.26. The number of H-pyrrole nitrogens is 1. The maximum absolute atomic E-state index is 5.94. The molecule has 0 spiro atoms. The van der Waals surface area contributed by atoms with E-state index in [0.717, 1.165) is 23.2 Å². The van der Waals surface area contributed by atoms with Gasteiger partial charge >= 0.3 is 0 Å². The van der Waals surface area contributed by atoms with Crippen LogP contribution in [0.15, 0.2) is 22.9 Å². The molecular weight excluding hydrogens is 370 g/mol. The standard InChI is InChI=1S/C26H37N3O/c1-25(2,3)17-8-11-29(12-9-17)18-13-16(14-18)20-15-21-22(19-7-10-27-23(19)20)24(28-30-21)26(4,5)6/h7,10,15-18,28H,8-9,11-14H2,1-6H3. The third kappa shape index (κ3) is 3.28. The number of hydrogen-bond donors (Lipinski definition) is 1. The third-order valence-corrected chi connectivity index (χ3v) is 7.86. The van der Waals surface area contributed by atoms with Crippen LogP contribution in [0, 0.1) is 11.3 Å². The van der Waals surface area contributed by atoms with Crippen molar-refractivity contribution in [2.75, 3.05) is 13.1 Å². The Hall–Kier alpha value is -1.81. The highest BCUT2D eigenvalue weighted by molar-refractivity contribution is 6.07. The van der Waals surface area contributed by atoms with Gasteiger partial charge in [-0.1, -0.05) is 41.5 Å². The molecule has 162 valence electrons. The van der Waals surface area contributed by atoms with Crippen LogP contribution in [0.4, 0.5) is 0 Å². The fourth-order valence-corrected chi connectivity index (χ4v) is 5.79.